The van der Waals surface area contributed by atoms with Gasteiger partial charge in [0.2, 0.25) is 0 Å². The highest BCUT2D eigenvalue weighted by atomic mass is 16.5. The van der Waals surface area contributed by atoms with E-state index in [-0.39, 0.29) is 12.1 Å². The van der Waals surface area contributed by atoms with Crippen molar-refractivity contribution in [2.75, 3.05) is 26.7 Å². The van der Waals surface area contributed by atoms with Gasteiger partial charge in [-0.05, 0) is 32.1 Å². The number of nitrogens with zero attached hydrogens (tertiary/aromatic N) is 2. The monoisotopic (exact) mass is 293 g/mol. The predicted octanol–water partition coefficient (Wildman–Crippen LogP) is 1.03. The Bertz CT molecular complexity index is 402. The van der Waals surface area contributed by atoms with Crippen molar-refractivity contribution in [1.82, 2.24) is 15.2 Å². The number of aliphatic hydroxyl groups is 1. The van der Waals surface area contributed by atoms with E-state index in [1.807, 2.05) is 18.2 Å². The molecule has 0 amide bonds. The summed E-state index contributed by atoms with van der Waals surface area (Å²) < 4.78 is 5.74. The second-order valence-corrected chi connectivity index (χ2v) is 5.79. The van der Waals surface area contributed by atoms with E-state index in [4.69, 9.17) is 4.74 Å². The van der Waals surface area contributed by atoms with Crippen LogP contribution in [0.3, 0.4) is 0 Å². The first kappa shape index (κ1) is 16.4. The van der Waals surface area contributed by atoms with Gasteiger partial charge < -0.3 is 20.1 Å². The summed E-state index contributed by atoms with van der Waals surface area (Å²) in [5.41, 5.74) is 0.980. The number of ether oxygens (including phenoxy) is 1. The molecule has 1 fully saturated rings. The highest BCUT2D eigenvalue weighted by Gasteiger charge is 2.35. The Labute approximate surface area is 127 Å². The Balaban J connectivity index is 1.74. The molecule has 0 aromatic carbocycles. The minimum absolute atomic E-state index is 0.0171. The second kappa shape index (κ2) is 8.44. The molecule has 1 aliphatic rings. The van der Waals surface area contributed by atoms with E-state index >= 15 is 0 Å². The molecule has 1 aromatic heterocycles. The predicted molar refractivity (Wildman–Crippen MR) is 83.0 cm³/mol. The fraction of sp³-hybridized carbons (Fsp3) is 0.688. The zero-order valence-electron chi connectivity index (χ0n) is 13.0. The van der Waals surface area contributed by atoms with Crippen molar-refractivity contribution in [3.05, 3.63) is 30.1 Å². The first-order valence-corrected chi connectivity index (χ1v) is 7.82. The van der Waals surface area contributed by atoms with Gasteiger partial charge >= 0.3 is 0 Å². The average molecular weight is 293 g/mol. The van der Waals surface area contributed by atoms with Crippen molar-refractivity contribution in [1.29, 1.82) is 0 Å². The van der Waals surface area contributed by atoms with Crippen LogP contribution in [0.5, 0.6) is 0 Å². The van der Waals surface area contributed by atoms with Crippen molar-refractivity contribution in [3.8, 4) is 0 Å². The van der Waals surface area contributed by atoms with Crippen LogP contribution in [-0.2, 0) is 11.3 Å². The van der Waals surface area contributed by atoms with Crippen molar-refractivity contribution < 1.29 is 9.84 Å². The van der Waals surface area contributed by atoms with Gasteiger partial charge in [0, 0.05) is 19.3 Å². The molecule has 5 nitrogen and oxygen atoms in total. The number of nitrogens with one attached hydrogen (secondary N) is 1. The second-order valence-electron chi connectivity index (χ2n) is 5.79. The molecule has 1 aromatic rings. The summed E-state index contributed by atoms with van der Waals surface area (Å²) >= 11 is 0. The number of likely N-dealkylation sites (N-methyl/N-ethyl adjacent to an activating group) is 1. The summed E-state index contributed by atoms with van der Waals surface area (Å²) in [6.45, 7) is 5.23. The third-order valence-corrected chi connectivity index (χ3v) is 3.94. The molecule has 2 heterocycles. The number of hydrogen-bond acceptors (Lipinski definition) is 5. The Morgan fingerprint density at radius 2 is 2.33 bits per heavy atom. The van der Waals surface area contributed by atoms with Crippen LogP contribution in [0.25, 0.3) is 0 Å². The smallest absolute Gasteiger partial charge is 0.0989 e. The molecule has 3 atom stereocenters. The first-order valence-electron chi connectivity index (χ1n) is 7.82. The quantitative estimate of drug-likeness (QED) is 0.750. The van der Waals surface area contributed by atoms with E-state index in [1.165, 1.54) is 12.8 Å². The molecule has 2 N–H and O–H groups in total. The van der Waals surface area contributed by atoms with Gasteiger partial charge in [-0.25, -0.2) is 0 Å². The third kappa shape index (κ3) is 5.04. The van der Waals surface area contributed by atoms with Gasteiger partial charge in [-0.2, -0.15) is 0 Å². The van der Waals surface area contributed by atoms with E-state index < -0.39 is 6.10 Å². The standard InChI is InChI=1S/C16H27N3O2/c1-3-4-9-19(2)11-15-16(20)14(12-21-15)18-10-13-7-5-6-8-17-13/h5-8,14-16,18,20H,3-4,9-12H2,1-2H3. The van der Waals surface area contributed by atoms with Crippen LogP contribution >= 0.6 is 0 Å². The highest BCUT2D eigenvalue weighted by Crippen LogP contribution is 2.16. The van der Waals surface area contributed by atoms with Gasteiger partial charge in [-0.15, -0.1) is 0 Å². The maximum Gasteiger partial charge on any atom is 0.0989 e. The van der Waals surface area contributed by atoms with Crippen molar-refractivity contribution in [2.24, 2.45) is 0 Å². The fourth-order valence-corrected chi connectivity index (χ4v) is 2.59. The minimum Gasteiger partial charge on any atom is -0.389 e. The summed E-state index contributed by atoms with van der Waals surface area (Å²) in [6.07, 6.45) is 3.59. The number of aliphatic hydroxyl groups excluding tert-OH is 1. The maximum absolute atomic E-state index is 10.4. The number of unbranched alkanes of at least 4 members (excludes halogenated alkanes) is 1. The lowest BCUT2D eigenvalue weighted by Crippen LogP contribution is -2.44. The molecular weight excluding hydrogens is 266 g/mol. The van der Waals surface area contributed by atoms with Gasteiger partial charge in [0.1, 0.15) is 0 Å². The molecule has 0 spiro atoms. The van der Waals surface area contributed by atoms with Crippen LogP contribution in [-0.4, -0.2) is 60.0 Å². The van der Waals surface area contributed by atoms with Gasteiger partial charge in [0.25, 0.3) is 0 Å². The zero-order valence-corrected chi connectivity index (χ0v) is 13.0. The number of rotatable bonds is 8. The third-order valence-electron chi connectivity index (χ3n) is 3.94. The Hall–Kier alpha value is -1.01. The van der Waals surface area contributed by atoms with Crippen molar-refractivity contribution >= 4 is 0 Å². The van der Waals surface area contributed by atoms with Crippen LogP contribution < -0.4 is 5.32 Å². The lowest BCUT2D eigenvalue weighted by molar-refractivity contribution is 0.0199. The van der Waals surface area contributed by atoms with Gasteiger partial charge in [-0.1, -0.05) is 19.4 Å². The van der Waals surface area contributed by atoms with E-state index in [0.717, 1.165) is 18.8 Å². The summed E-state index contributed by atoms with van der Waals surface area (Å²) in [6, 6.07) is 5.83. The molecule has 118 valence electrons. The van der Waals surface area contributed by atoms with E-state index in [9.17, 15) is 5.11 Å². The molecule has 1 aliphatic heterocycles. The van der Waals surface area contributed by atoms with Crippen molar-refractivity contribution in [3.63, 3.8) is 0 Å². The van der Waals surface area contributed by atoms with E-state index in [1.54, 1.807) is 6.20 Å². The largest absolute Gasteiger partial charge is 0.389 e. The molecule has 0 aliphatic carbocycles. The van der Waals surface area contributed by atoms with Crippen molar-refractivity contribution in [2.45, 2.75) is 44.6 Å². The molecule has 3 unspecified atom stereocenters. The van der Waals surface area contributed by atoms with Crippen LogP contribution in [0.15, 0.2) is 24.4 Å². The number of hydrogen-bond donors (Lipinski definition) is 2. The average Bonchev–Trinajstić information content (AvgIpc) is 2.85. The van der Waals surface area contributed by atoms with E-state index in [2.05, 4.69) is 29.2 Å². The Kier molecular flexibility index (Phi) is 6.57. The molecule has 21 heavy (non-hydrogen) atoms. The lowest BCUT2D eigenvalue weighted by atomic mass is 10.1. The Morgan fingerprint density at radius 1 is 1.48 bits per heavy atom. The lowest BCUT2D eigenvalue weighted by Gasteiger charge is -2.23. The highest BCUT2D eigenvalue weighted by molar-refractivity contribution is 5.03. The molecule has 1 saturated heterocycles. The molecule has 0 radical (unpaired) electrons. The van der Waals surface area contributed by atoms with Gasteiger partial charge in [0.05, 0.1) is 30.6 Å². The van der Waals surface area contributed by atoms with Crippen LogP contribution in [0, 0.1) is 0 Å². The molecule has 0 bridgehead atoms. The zero-order chi connectivity index (χ0) is 15.1. The maximum atomic E-state index is 10.4. The molecule has 5 heteroatoms. The van der Waals surface area contributed by atoms with Crippen LogP contribution in [0.1, 0.15) is 25.5 Å². The summed E-state index contributed by atoms with van der Waals surface area (Å²) in [5.74, 6) is 0. The van der Waals surface area contributed by atoms with Gasteiger partial charge in [0.15, 0.2) is 0 Å². The van der Waals surface area contributed by atoms with Gasteiger partial charge in [-0.3, -0.25) is 4.98 Å². The number of aromatic nitrogens is 1. The topological polar surface area (TPSA) is 57.6 Å². The minimum atomic E-state index is -0.460. The number of pyridine rings is 1. The first-order chi connectivity index (χ1) is 10.2. The Morgan fingerprint density at radius 3 is 3.05 bits per heavy atom. The fourth-order valence-electron chi connectivity index (χ4n) is 2.59. The summed E-state index contributed by atoms with van der Waals surface area (Å²) in [7, 11) is 2.08. The summed E-state index contributed by atoms with van der Waals surface area (Å²) in [4.78, 5) is 6.51. The molecule has 0 saturated carbocycles. The van der Waals surface area contributed by atoms with E-state index in [0.29, 0.717) is 13.2 Å². The normalized spacial score (nSPS) is 25.6. The van der Waals surface area contributed by atoms with Crippen LogP contribution in [0.2, 0.25) is 0 Å². The summed E-state index contributed by atoms with van der Waals surface area (Å²) in [5, 5.41) is 13.7. The molecular formula is C16H27N3O2. The SMILES string of the molecule is CCCCN(C)CC1OCC(NCc2ccccn2)C1O. The van der Waals surface area contributed by atoms with Crippen LogP contribution in [0.4, 0.5) is 0 Å². The molecule has 2 rings (SSSR count).